The van der Waals surface area contributed by atoms with Gasteiger partial charge >= 0.3 is 7.12 Å². The van der Waals surface area contributed by atoms with Crippen molar-refractivity contribution >= 4 is 34.5 Å². The first-order chi connectivity index (χ1) is 16.3. The second-order valence-electron chi connectivity index (χ2n) is 9.92. The molecule has 5 heteroatoms. The zero-order chi connectivity index (χ0) is 23.5. The second kappa shape index (κ2) is 7.56. The van der Waals surface area contributed by atoms with E-state index in [9.17, 15) is 0 Å². The summed E-state index contributed by atoms with van der Waals surface area (Å²) in [5.74, 6) is 0. The molecule has 3 aromatic carbocycles. The molecule has 6 rings (SSSR count). The lowest BCUT2D eigenvalue weighted by molar-refractivity contribution is 0.00578. The predicted octanol–water partition coefficient (Wildman–Crippen LogP) is 6.61. The molecule has 1 aliphatic heterocycles. The van der Waals surface area contributed by atoms with Gasteiger partial charge in [0.25, 0.3) is 0 Å². The van der Waals surface area contributed by atoms with Crippen molar-refractivity contribution in [3.05, 3.63) is 85.1 Å². The van der Waals surface area contributed by atoms with E-state index in [2.05, 4.69) is 82.3 Å². The van der Waals surface area contributed by atoms with Gasteiger partial charge in [0, 0.05) is 17.1 Å². The molecule has 1 fully saturated rings. The molecule has 0 radical (unpaired) electrons. The SMILES string of the molecule is CC1(C)OB(c2ccc(-c3ccc(-c4nccc5oc6ccccc6c45)cc3)cc2)OC1(C)C. The Morgan fingerprint density at radius 1 is 0.647 bits per heavy atom. The van der Waals surface area contributed by atoms with Crippen LogP contribution in [-0.2, 0) is 9.31 Å². The van der Waals surface area contributed by atoms with Crippen molar-refractivity contribution in [3.8, 4) is 22.4 Å². The minimum absolute atomic E-state index is 0.344. The molecule has 3 heterocycles. The summed E-state index contributed by atoms with van der Waals surface area (Å²) in [5.41, 5.74) is 6.37. The Balaban J connectivity index is 1.30. The zero-order valence-electron chi connectivity index (χ0n) is 19.8. The van der Waals surface area contributed by atoms with Crippen LogP contribution in [0.3, 0.4) is 0 Å². The fourth-order valence-electron chi connectivity index (χ4n) is 4.52. The molecule has 0 bridgehead atoms. The highest BCUT2D eigenvalue weighted by molar-refractivity contribution is 6.62. The molecular weight excluding hydrogens is 421 g/mol. The summed E-state index contributed by atoms with van der Waals surface area (Å²) in [6, 6.07) is 27.0. The molecule has 0 N–H and O–H groups in total. The van der Waals surface area contributed by atoms with E-state index in [4.69, 9.17) is 18.7 Å². The van der Waals surface area contributed by atoms with E-state index >= 15 is 0 Å². The molecule has 5 aromatic rings. The number of furan rings is 1. The molecule has 34 heavy (non-hydrogen) atoms. The molecule has 1 saturated heterocycles. The van der Waals surface area contributed by atoms with E-state index in [1.165, 1.54) is 0 Å². The average molecular weight is 447 g/mol. The number of hydrogen-bond donors (Lipinski definition) is 0. The van der Waals surface area contributed by atoms with Gasteiger partial charge in [-0.2, -0.15) is 0 Å². The summed E-state index contributed by atoms with van der Waals surface area (Å²) >= 11 is 0. The van der Waals surface area contributed by atoms with Crippen LogP contribution in [0.5, 0.6) is 0 Å². The third kappa shape index (κ3) is 3.35. The summed E-state index contributed by atoms with van der Waals surface area (Å²) in [6.45, 7) is 8.30. The maximum Gasteiger partial charge on any atom is 0.494 e. The lowest BCUT2D eigenvalue weighted by atomic mass is 9.78. The molecule has 0 spiro atoms. The van der Waals surface area contributed by atoms with Crippen molar-refractivity contribution in [1.29, 1.82) is 0 Å². The molecule has 0 unspecified atom stereocenters. The normalized spacial score (nSPS) is 17.0. The molecule has 2 aromatic heterocycles. The van der Waals surface area contributed by atoms with Crippen LogP contribution in [0.15, 0.2) is 89.5 Å². The highest BCUT2D eigenvalue weighted by Crippen LogP contribution is 2.37. The molecule has 0 aliphatic carbocycles. The number of nitrogens with zero attached hydrogens (tertiary/aromatic N) is 1. The molecule has 1 aliphatic rings. The van der Waals surface area contributed by atoms with Gasteiger partial charge in [0.2, 0.25) is 0 Å². The number of rotatable bonds is 3. The van der Waals surface area contributed by atoms with E-state index in [1.54, 1.807) is 0 Å². The van der Waals surface area contributed by atoms with Crippen LogP contribution in [0.4, 0.5) is 0 Å². The first kappa shape index (κ1) is 21.1. The lowest BCUT2D eigenvalue weighted by Crippen LogP contribution is -2.41. The Labute approximate surface area is 199 Å². The summed E-state index contributed by atoms with van der Waals surface area (Å²) in [6.07, 6.45) is 1.81. The van der Waals surface area contributed by atoms with Crippen LogP contribution < -0.4 is 5.46 Å². The molecule has 0 atom stereocenters. The molecule has 0 saturated carbocycles. The lowest BCUT2D eigenvalue weighted by Gasteiger charge is -2.32. The van der Waals surface area contributed by atoms with Gasteiger partial charge in [-0.25, -0.2) is 0 Å². The quantitative estimate of drug-likeness (QED) is 0.292. The van der Waals surface area contributed by atoms with Crippen molar-refractivity contribution in [2.75, 3.05) is 0 Å². The van der Waals surface area contributed by atoms with Crippen LogP contribution in [-0.4, -0.2) is 23.3 Å². The number of aromatic nitrogens is 1. The van der Waals surface area contributed by atoms with Crippen molar-refractivity contribution in [2.45, 2.75) is 38.9 Å². The molecule has 4 nitrogen and oxygen atoms in total. The smallest absolute Gasteiger partial charge is 0.456 e. The third-order valence-electron chi connectivity index (χ3n) is 7.22. The van der Waals surface area contributed by atoms with Gasteiger partial charge in [-0.05, 0) is 56.4 Å². The Kier molecular flexibility index (Phi) is 4.70. The Bertz CT molecular complexity index is 1480. The predicted molar refractivity (Wildman–Crippen MR) is 138 cm³/mol. The van der Waals surface area contributed by atoms with Crippen molar-refractivity contribution in [3.63, 3.8) is 0 Å². The maximum absolute atomic E-state index is 6.18. The van der Waals surface area contributed by atoms with Gasteiger partial charge in [-0.15, -0.1) is 0 Å². The Hall–Kier alpha value is -3.41. The van der Waals surface area contributed by atoms with E-state index < -0.39 is 0 Å². The molecule has 0 amide bonds. The van der Waals surface area contributed by atoms with Crippen molar-refractivity contribution < 1.29 is 13.7 Å². The Morgan fingerprint density at radius 3 is 1.91 bits per heavy atom. The van der Waals surface area contributed by atoms with Gasteiger partial charge in [-0.1, -0.05) is 66.7 Å². The first-order valence-corrected chi connectivity index (χ1v) is 11.7. The Morgan fingerprint density at radius 2 is 1.24 bits per heavy atom. The summed E-state index contributed by atoms with van der Waals surface area (Å²) < 4.78 is 18.4. The minimum Gasteiger partial charge on any atom is -0.456 e. The van der Waals surface area contributed by atoms with Gasteiger partial charge < -0.3 is 13.7 Å². The van der Waals surface area contributed by atoms with Gasteiger partial charge in [0.15, 0.2) is 0 Å². The number of fused-ring (bicyclic) bond motifs is 3. The van der Waals surface area contributed by atoms with Gasteiger partial charge in [0.05, 0.1) is 22.3 Å². The van der Waals surface area contributed by atoms with E-state index in [-0.39, 0.29) is 18.3 Å². The van der Waals surface area contributed by atoms with Crippen LogP contribution in [0.2, 0.25) is 0 Å². The summed E-state index contributed by atoms with van der Waals surface area (Å²) in [4.78, 5) is 4.69. The third-order valence-corrected chi connectivity index (χ3v) is 7.22. The number of benzene rings is 3. The molecular formula is C29H26BNO3. The minimum atomic E-state index is -0.349. The van der Waals surface area contributed by atoms with Crippen LogP contribution in [0, 0.1) is 0 Å². The van der Waals surface area contributed by atoms with E-state index in [0.717, 1.165) is 49.8 Å². The topological polar surface area (TPSA) is 44.5 Å². The van der Waals surface area contributed by atoms with Gasteiger partial charge in [-0.3, -0.25) is 4.98 Å². The largest absolute Gasteiger partial charge is 0.494 e. The maximum atomic E-state index is 6.18. The van der Waals surface area contributed by atoms with Crippen molar-refractivity contribution in [2.24, 2.45) is 0 Å². The molecule has 168 valence electrons. The van der Waals surface area contributed by atoms with E-state index in [0.29, 0.717) is 0 Å². The fraction of sp³-hybridized carbons (Fsp3) is 0.207. The van der Waals surface area contributed by atoms with Crippen LogP contribution >= 0.6 is 0 Å². The van der Waals surface area contributed by atoms with Crippen molar-refractivity contribution in [1.82, 2.24) is 4.98 Å². The summed E-state index contributed by atoms with van der Waals surface area (Å²) in [7, 11) is -0.349. The average Bonchev–Trinajstić information content (AvgIpc) is 3.32. The standard InChI is InChI=1S/C29H26BNO3/c1-28(2)29(3,4)34-30(33-28)22-15-13-20(14-16-22)19-9-11-21(12-10-19)27-26-23-7-5-6-8-24(23)32-25(26)17-18-31-27/h5-18H,1-4H3. The highest BCUT2D eigenvalue weighted by atomic mass is 16.7. The van der Waals surface area contributed by atoms with Crippen LogP contribution in [0.1, 0.15) is 27.7 Å². The zero-order valence-corrected chi connectivity index (χ0v) is 19.8. The van der Waals surface area contributed by atoms with Gasteiger partial charge in [0.1, 0.15) is 11.2 Å². The number of pyridine rings is 1. The van der Waals surface area contributed by atoms with E-state index in [1.807, 2.05) is 30.5 Å². The fourth-order valence-corrected chi connectivity index (χ4v) is 4.52. The summed E-state index contributed by atoms with van der Waals surface area (Å²) in [5, 5.41) is 2.14. The monoisotopic (exact) mass is 447 g/mol. The first-order valence-electron chi connectivity index (χ1n) is 11.7. The number of hydrogen-bond acceptors (Lipinski definition) is 4. The second-order valence-corrected chi connectivity index (χ2v) is 9.92. The highest BCUT2D eigenvalue weighted by Gasteiger charge is 2.51. The van der Waals surface area contributed by atoms with Crippen LogP contribution in [0.25, 0.3) is 44.3 Å². The number of para-hydroxylation sites is 1.